The molecule has 0 aliphatic heterocycles. The van der Waals surface area contributed by atoms with Gasteiger partial charge in [0.25, 0.3) is 0 Å². The molecule has 10 rings (SSSR count). The average molecular weight is 628 g/mol. The molecule has 0 unspecified atom stereocenters. The Hall–Kier alpha value is -6.58. The van der Waals surface area contributed by atoms with Gasteiger partial charge in [-0.1, -0.05) is 133 Å². The van der Waals surface area contributed by atoms with E-state index in [0.29, 0.717) is 0 Å². The lowest BCUT2D eigenvalue weighted by molar-refractivity contribution is 0.669. The summed E-state index contributed by atoms with van der Waals surface area (Å²) in [6.45, 7) is 0. The quantitative estimate of drug-likeness (QED) is 0.190. The lowest BCUT2D eigenvalue weighted by Gasteiger charge is -2.27. The maximum atomic E-state index is 6.79. The molecule has 230 valence electrons. The summed E-state index contributed by atoms with van der Waals surface area (Å²) in [4.78, 5) is 2.36. The Balaban J connectivity index is 1.19. The van der Waals surface area contributed by atoms with E-state index in [1.165, 1.54) is 0 Å². The molecule has 8 aromatic carbocycles. The summed E-state index contributed by atoms with van der Waals surface area (Å²) < 4.78 is 13.0. The minimum atomic E-state index is 0.899. The monoisotopic (exact) mass is 627 g/mol. The van der Waals surface area contributed by atoms with E-state index in [4.69, 9.17) is 8.83 Å². The molecule has 0 N–H and O–H groups in total. The van der Waals surface area contributed by atoms with Gasteiger partial charge in [-0.15, -0.1) is 0 Å². The maximum absolute atomic E-state index is 6.79. The van der Waals surface area contributed by atoms with Crippen LogP contribution in [0.2, 0.25) is 0 Å². The Bertz CT molecular complexity index is 2810. The molecule has 2 heterocycles. The molecule has 0 radical (unpaired) electrons. The van der Waals surface area contributed by atoms with E-state index in [-0.39, 0.29) is 0 Å². The van der Waals surface area contributed by atoms with Gasteiger partial charge in [0.2, 0.25) is 0 Å². The summed E-state index contributed by atoms with van der Waals surface area (Å²) in [6.07, 6.45) is 0. The highest BCUT2D eigenvalue weighted by atomic mass is 16.3. The van der Waals surface area contributed by atoms with Gasteiger partial charge in [-0.2, -0.15) is 0 Å². The predicted molar refractivity (Wildman–Crippen MR) is 204 cm³/mol. The van der Waals surface area contributed by atoms with Crippen LogP contribution in [0, 0.1) is 0 Å². The third kappa shape index (κ3) is 4.37. The minimum absolute atomic E-state index is 0.899. The van der Waals surface area contributed by atoms with Gasteiger partial charge >= 0.3 is 0 Å². The van der Waals surface area contributed by atoms with Crippen LogP contribution in [0.4, 0.5) is 17.1 Å². The van der Waals surface area contributed by atoms with E-state index in [2.05, 4.69) is 157 Å². The average Bonchev–Trinajstić information content (AvgIpc) is 3.75. The van der Waals surface area contributed by atoms with Gasteiger partial charge in [0.05, 0.1) is 5.69 Å². The Kier molecular flexibility index (Phi) is 6.18. The molecule has 3 nitrogen and oxygen atoms in total. The molecular weight excluding hydrogens is 599 g/mol. The van der Waals surface area contributed by atoms with Crippen LogP contribution in [-0.4, -0.2) is 0 Å². The van der Waals surface area contributed by atoms with E-state index in [0.717, 1.165) is 94.0 Å². The molecule has 0 amide bonds. The van der Waals surface area contributed by atoms with Gasteiger partial charge in [-0.25, -0.2) is 0 Å². The Morgan fingerprint density at radius 2 is 0.918 bits per heavy atom. The first-order valence-corrected chi connectivity index (χ1v) is 16.6. The first-order valence-electron chi connectivity index (χ1n) is 16.6. The number of para-hydroxylation sites is 3. The number of furan rings is 2. The van der Waals surface area contributed by atoms with E-state index in [1.807, 2.05) is 24.3 Å². The zero-order chi connectivity index (χ0) is 32.3. The van der Waals surface area contributed by atoms with Crippen LogP contribution in [0.15, 0.2) is 185 Å². The van der Waals surface area contributed by atoms with Crippen molar-refractivity contribution in [1.29, 1.82) is 0 Å². The van der Waals surface area contributed by atoms with Gasteiger partial charge in [-0.05, 0) is 59.2 Å². The van der Waals surface area contributed by atoms with Crippen molar-refractivity contribution in [2.45, 2.75) is 0 Å². The molecule has 0 spiro atoms. The smallest absolute Gasteiger partial charge is 0.143 e. The molecule has 0 aliphatic rings. The summed E-state index contributed by atoms with van der Waals surface area (Å²) in [6, 6.07) is 61.9. The van der Waals surface area contributed by atoms with Crippen molar-refractivity contribution in [3.8, 4) is 22.3 Å². The van der Waals surface area contributed by atoms with Crippen molar-refractivity contribution in [2.75, 3.05) is 4.90 Å². The number of nitrogens with zero attached hydrogens (tertiary/aromatic N) is 1. The molecule has 0 bridgehead atoms. The third-order valence-electron chi connectivity index (χ3n) is 9.66. The molecule has 3 heteroatoms. The summed E-state index contributed by atoms with van der Waals surface area (Å²) in [5, 5.41) is 6.68. The van der Waals surface area contributed by atoms with Crippen LogP contribution in [0.3, 0.4) is 0 Å². The van der Waals surface area contributed by atoms with E-state index in [9.17, 15) is 0 Å². The second-order valence-electron chi connectivity index (χ2n) is 12.5. The van der Waals surface area contributed by atoms with Crippen molar-refractivity contribution >= 4 is 71.7 Å². The highest BCUT2D eigenvalue weighted by Crippen LogP contribution is 2.46. The molecule has 10 aromatic rings. The van der Waals surface area contributed by atoms with Crippen LogP contribution < -0.4 is 4.90 Å². The van der Waals surface area contributed by atoms with Gasteiger partial charge in [0.1, 0.15) is 22.3 Å². The van der Waals surface area contributed by atoms with Gasteiger partial charge in [0, 0.05) is 49.3 Å². The highest BCUT2D eigenvalue weighted by Gasteiger charge is 2.21. The number of hydrogen-bond acceptors (Lipinski definition) is 3. The van der Waals surface area contributed by atoms with Crippen molar-refractivity contribution in [3.63, 3.8) is 0 Å². The number of rotatable bonds is 5. The minimum Gasteiger partial charge on any atom is -0.456 e. The van der Waals surface area contributed by atoms with Gasteiger partial charge < -0.3 is 13.7 Å². The van der Waals surface area contributed by atoms with Crippen molar-refractivity contribution in [3.05, 3.63) is 176 Å². The molecule has 0 fully saturated rings. The van der Waals surface area contributed by atoms with E-state index >= 15 is 0 Å². The molecule has 0 atom stereocenters. The molecule has 0 aliphatic carbocycles. The van der Waals surface area contributed by atoms with Crippen LogP contribution >= 0.6 is 0 Å². The lowest BCUT2D eigenvalue weighted by atomic mass is 9.98. The molecular formula is C46H29NO2. The molecule has 2 aromatic heterocycles. The second kappa shape index (κ2) is 11.0. The van der Waals surface area contributed by atoms with Crippen LogP contribution in [0.5, 0.6) is 0 Å². The second-order valence-corrected chi connectivity index (χ2v) is 12.5. The summed E-state index contributed by atoms with van der Waals surface area (Å²) in [7, 11) is 0. The Morgan fingerprint density at radius 1 is 0.347 bits per heavy atom. The zero-order valence-corrected chi connectivity index (χ0v) is 26.5. The van der Waals surface area contributed by atoms with E-state index in [1.54, 1.807) is 0 Å². The Morgan fingerprint density at radius 3 is 1.73 bits per heavy atom. The van der Waals surface area contributed by atoms with Crippen molar-refractivity contribution in [1.82, 2.24) is 0 Å². The van der Waals surface area contributed by atoms with E-state index < -0.39 is 0 Å². The Labute approximate surface area is 282 Å². The number of benzene rings is 8. The predicted octanol–water partition coefficient (Wildman–Crippen LogP) is 13.4. The zero-order valence-electron chi connectivity index (χ0n) is 26.5. The third-order valence-corrected chi connectivity index (χ3v) is 9.66. The first-order chi connectivity index (χ1) is 24.3. The standard InChI is InChI=1S/C46H29NO2/c1-3-13-30(14-4-1)35-21-11-22-38-40-29-41(36-17-7-8-18-37(36)46(40)49-45(35)38)47(32-15-5-2-6-16-32)33-27-25-31(26-28-33)34-20-12-24-43-44(34)39-19-9-10-23-42(39)48-43/h1-29H. The van der Waals surface area contributed by atoms with Crippen LogP contribution in [0.1, 0.15) is 0 Å². The maximum Gasteiger partial charge on any atom is 0.143 e. The highest BCUT2D eigenvalue weighted by molar-refractivity contribution is 6.21. The molecule has 49 heavy (non-hydrogen) atoms. The molecule has 0 saturated heterocycles. The number of anilines is 3. The summed E-state index contributed by atoms with van der Waals surface area (Å²) >= 11 is 0. The topological polar surface area (TPSA) is 29.5 Å². The van der Waals surface area contributed by atoms with Crippen molar-refractivity contribution in [2.24, 2.45) is 0 Å². The fourth-order valence-corrected chi connectivity index (χ4v) is 7.44. The van der Waals surface area contributed by atoms with Crippen LogP contribution in [-0.2, 0) is 0 Å². The van der Waals surface area contributed by atoms with Gasteiger partial charge in [-0.3, -0.25) is 0 Å². The normalized spacial score (nSPS) is 11.7. The SMILES string of the molecule is c1ccc(-c2cccc3c2oc2c4ccccc4c(N(c4ccccc4)c4ccc(-c5cccc6oc7ccccc7c56)cc4)cc32)cc1. The largest absolute Gasteiger partial charge is 0.456 e. The van der Waals surface area contributed by atoms with Gasteiger partial charge in [0.15, 0.2) is 0 Å². The first kappa shape index (κ1) is 27.5. The number of fused-ring (bicyclic) bond motifs is 8. The molecule has 0 saturated carbocycles. The summed E-state index contributed by atoms with van der Waals surface area (Å²) in [5.74, 6) is 0. The van der Waals surface area contributed by atoms with Crippen LogP contribution in [0.25, 0.3) is 76.9 Å². The summed E-state index contributed by atoms with van der Waals surface area (Å²) in [5.41, 5.74) is 11.4. The van der Waals surface area contributed by atoms with Crippen molar-refractivity contribution < 1.29 is 8.83 Å². The lowest BCUT2D eigenvalue weighted by Crippen LogP contribution is -2.10. The fourth-order valence-electron chi connectivity index (χ4n) is 7.44. The number of hydrogen-bond donors (Lipinski definition) is 0. The fraction of sp³-hybridized carbons (Fsp3) is 0.